The molecule has 0 radical (unpaired) electrons. The highest BCUT2D eigenvalue weighted by Crippen LogP contribution is 2.29. The van der Waals surface area contributed by atoms with Crippen LogP contribution in [0.2, 0.25) is 0 Å². The molecular weight excluding hydrogens is 208 g/mol. The molecule has 1 saturated heterocycles. The number of ether oxygens (including phenoxy) is 1. The van der Waals surface area contributed by atoms with Gasteiger partial charge in [0.05, 0.1) is 6.61 Å². The first-order valence-corrected chi connectivity index (χ1v) is 6.20. The van der Waals surface area contributed by atoms with Crippen LogP contribution in [0.4, 0.5) is 0 Å². The Morgan fingerprint density at radius 2 is 2.13 bits per heavy atom. The molecule has 3 heteroatoms. The van der Waals surface area contributed by atoms with Crippen LogP contribution in [0.25, 0.3) is 0 Å². The Labute approximate surface area is 94.6 Å². The molecule has 0 aromatic heterocycles. The number of rotatable bonds is 3. The Kier molecular flexibility index (Phi) is 4.06. The zero-order valence-electron chi connectivity index (χ0n) is 8.69. The van der Waals surface area contributed by atoms with E-state index in [1.165, 1.54) is 4.90 Å². The molecule has 1 N–H and O–H groups in total. The summed E-state index contributed by atoms with van der Waals surface area (Å²) < 4.78 is 5.33. The van der Waals surface area contributed by atoms with Crippen LogP contribution in [0.3, 0.4) is 0 Å². The summed E-state index contributed by atoms with van der Waals surface area (Å²) in [4.78, 5) is 1.26. The molecular formula is C12H16O2S. The van der Waals surface area contributed by atoms with E-state index >= 15 is 0 Å². The molecule has 1 heterocycles. The average molecular weight is 224 g/mol. The van der Waals surface area contributed by atoms with E-state index in [0.29, 0.717) is 5.25 Å². The van der Waals surface area contributed by atoms with Gasteiger partial charge in [-0.25, -0.2) is 0 Å². The summed E-state index contributed by atoms with van der Waals surface area (Å²) in [5.74, 6) is 0. The fourth-order valence-electron chi connectivity index (χ4n) is 1.70. The fraction of sp³-hybridized carbons (Fsp3) is 0.500. The van der Waals surface area contributed by atoms with Gasteiger partial charge in [0.15, 0.2) is 0 Å². The summed E-state index contributed by atoms with van der Waals surface area (Å²) in [6.07, 6.45) is 2.27. The number of aliphatic hydroxyl groups is 1. The lowest BCUT2D eigenvalue weighted by Gasteiger charge is -2.21. The summed E-state index contributed by atoms with van der Waals surface area (Å²) in [5.41, 5.74) is 0.993. The van der Waals surface area contributed by atoms with Crippen LogP contribution >= 0.6 is 11.8 Å². The van der Waals surface area contributed by atoms with Crippen molar-refractivity contribution in [1.82, 2.24) is 0 Å². The number of benzene rings is 1. The third-order valence-electron chi connectivity index (χ3n) is 2.55. The number of aliphatic hydroxyl groups excluding tert-OH is 1. The zero-order chi connectivity index (χ0) is 10.5. The van der Waals surface area contributed by atoms with Gasteiger partial charge in [0, 0.05) is 23.4 Å². The monoisotopic (exact) mass is 224 g/mol. The van der Waals surface area contributed by atoms with Crippen molar-refractivity contribution < 1.29 is 9.84 Å². The standard InChI is InChI=1S/C12H16O2S/c13-9-10-2-1-3-12(8-10)15-11-4-6-14-7-5-11/h1-3,8,11,13H,4-7,9H2. The van der Waals surface area contributed by atoms with E-state index in [2.05, 4.69) is 12.1 Å². The van der Waals surface area contributed by atoms with Gasteiger partial charge in [0.25, 0.3) is 0 Å². The first kappa shape index (κ1) is 11.0. The van der Waals surface area contributed by atoms with E-state index in [4.69, 9.17) is 9.84 Å². The topological polar surface area (TPSA) is 29.5 Å². The van der Waals surface area contributed by atoms with E-state index in [1.54, 1.807) is 0 Å². The molecule has 1 aliphatic heterocycles. The summed E-state index contributed by atoms with van der Waals surface area (Å²) in [5, 5.41) is 9.71. The molecule has 0 unspecified atom stereocenters. The molecule has 1 aliphatic rings. The maximum atomic E-state index is 9.04. The molecule has 1 fully saturated rings. The Morgan fingerprint density at radius 3 is 2.87 bits per heavy atom. The van der Waals surface area contributed by atoms with Gasteiger partial charge in [-0.05, 0) is 30.5 Å². The second-order valence-corrected chi connectivity index (χ2v) is 5.11. The van der Waals surface area contributed by atoms with E-state index in [1.807, 2.05) is 23.9 Å². The highest BCUT2D eigenvalue weighted by Gasteiger charge is 2.14. The molecule has 0 amide bonds. The third-order valence-corrected chi connectivity index (χ3v) is 3.88. The molecule has 15 heavy (non-hydrogen) atoms. The van der Waals surface area contributed by atoms with Gasteiger partial charge >= 0.3 is 0 Å². The van der Waals surface area contributed by atoms with Crippen LogP contribution in [0.1, 0.15) is 18.4 Å². The molecule has 0 spiro atoms. The SMILES string of the molecule is OCc1cccc(SC2CCOCC2)c1. The summed E-state index contributed by atoms with van der Waals surface area (Å²) in [6.45, 7) is 1.90. The highest BCUT2D eigenvalue weighted by atomic mass is 32.2. The van der Waals surface area contributed by atoms with Crippen molar-refractivity contribution in [3.8, 4) is 0 Å². The van der Waals surface area contributed by atoms with Crippen molar-refractivity contribution in [2.24, 2.45) is 0 Å². The first-order chi connectivity index (χ1) is 7.38. The lowest BCUT2D eigenvalue weighted by Crippen LogP contribution is -2.17. The van der Waals surface area contributed by atoms with Crippen LogP contribution in [0.5, 0.6) is 0 Å². The minimum absolute atomic E-state index is 0.127. The molecule has 0 bridgehead atoms. The van der Waals surface area contributed by atoms with Gasteiger partial charge in [-0.2, -0.15) is 0 Å². The second-order valence-electron chi connectivity index (χ2n) is 3.74. The predicted molar refractivity (Wildman–Crippen MR) is 62.1 cm³/mol. The molecule has 2 nitrogen and oxygen atoms in total. The maximum absolute atomic E-state index is 9.04. The van der Waals surface area contributed by atoms with E-state index < -0.39 is 0 Å². The Hall–Kier alpha value is -0.510. The van der Waals surface area contributed by atoms with Crippen LogP contribution in [0, 0.1) is 0 Å². The van der Waals surface area contributed by atoms with Crippen LogP contribution < -0.4 is 0 Å². The third kappa shape index (κ3) is 3.23. The van der Waals surface area contributed by atoms with Crippen LogP contribution in [-0.2, 0) is 11.3 Å². The number of hydrogen-bond donors (Lipinski definition) is 1. The summed E-state index contributed by atoms with van der Waals surface area (Å²) >= 11 is 1.90. The fourth-order valence-corrected chi connectivity index (χ4v) is 2.89. The van der Waals surface area contributed by atoms with Gasteiger partial charge in [-0.1, -0.05) is 12.1 Å². The molecule has 82 valence electrons. The summed E-state index contributed by atoms with van der Waals surface area (Å²) in [6, 6.07) is 8.14. The average Bonchev–Trinajstić information content (AvgIpc) is 2.31. The van der Waals surface area contributed by atoms with Crippen molar-refractivity contribution >= 4 is 11.8 Å². The van der Waals surface area contributed by atoms with Crippen molar-refractivity contribution in [2.45, 2.75) is 29.6 Å². The van der Waals surface area contributed by atoms with Gasteiger partial charge in [-0.3, -0.25) is 0 Å². The number of hydrogen-bond acceptors (Lipinski definition) is 3. The Bertz CT molecular complexity index is 308. The first-order valence-electron chi connectivity index (χ1n) is 5.32. The van der Waals surface area contributed by atoms with Crippen LogP contribution in [0.15, 0.2) is 29.2 Å². The molecule has 0 saturated carbocycles. The Balaban J connectivity index is 1.96. The molecule has 1 aromatic carbocycles. The van der Waals surface area contributed by atoms with Gasteiger partial charge in [0.1, 0.15) is 0 Å². The lowest BCUT2D eigenvalue weighted by molar-refractivity contribution is 0.100. The van der Waals surface area contributed by atoms with E-state index in [0.717, 1.165) is 31.6 Å². The van der Waals surface area contributed by atoms with Crippen molar-refractivity contribution in [1.29, 1.82) is 0 Å². The normalized spacial score (nSPS) is 17.9. The maximum Gasteiger partial charge on any atom is 0.0682 e. The van der Waals surface area contributed by atoms with Crippen molar-refractivity contribution in [2.75, 3.05) is 13.2 Å². The highest BCUT2D eigenvalue weighted by molar-refractivity contribution is 8.00. The molecule has 1 aromatic rings. The van der Waals surface area contributed by atoms with Crippen molar-refractivity contribution in [3.63, 3.8) is 0 Å². The molecule has 2 rings (SSSR count). The Morgan fingerprint density at radius 1 is 1.33 bits per heavy atom. The largest absolute Gasteiger partial charge is 0.392 e. The van der Waals surface area contributed by atoms with E-state index in [-0.39, 0.29) is 6.61 Å². The van der Waals surface area contributed by atoms with Crippen LogP contribution in [-0.4, -0.2) is 23.6 Å². The molecule has 0 aliphatic carbocycles. The lowest BCUT2D eigenvalue weighted by atomic mass is 10.2. The molecule has 0 atom stereocenters. The summed E-state index contributed by atoms with van der Waals surface area (Å²) in [7, 11) is 0. The van der Waals surface area contributed by atoms with Gasteiger partial charge in [0.2, 0.25) is 0 Å². The minimum atomic E-state index is 0.127. The number of thioether (sulfide) groups is 1. The van der Waals surface area contributed by atoms with Gasteiger partial charge in [-0.15, -0.1) is 11.8 Å². The smallest absolute Gasteiger partial charge is 0.0682 e. The predicted octanol–water partition coefficient (Wildman–Crippen LogP) is 2.45. The van der Waals surface area contributed by atoms with E-state index in [9.17, 15) is 0 Å². The zero-order valence-corrected chi connectivity index (χ0v) is 9.50. The quantitative estimate of drug-likeness (QED) is 0.855. The second kappa shape index (κ2) is 5.54. The minimum Gasteiger partial charge on any atom is -0.392 e. The van der Waals surface area contributed by atoms with Gasteiger partial charge < -0.3 is 9.84 Å². The van der Waals surface area contributed by atoms with Crippen molar-refractivity contribution in [3.05, 3.63) is 29.8 Å².